The number of nitrogens with zero attached hydrogens (tertiary/aromatic N) is 1. The smallest absolute Gasteiger partial charge is 0.255 e. The lowest BCUT2D eigenvalue weighted by Gasteiger charge is -2.14. The van der Waals surface area contributed by atoms with Crippen LogP contribution in [-0.2, 0) is 0 Å². The van der Waals surface area contributed by atoms with Crippen LogP contribution in [0.25, 0.3) is 11.1 Å². The van der Waals surface area contributed by atoms with Crippen molar-refractivity contribution in [3.8, 4) is 11.1 Å². The van der Waals surface area contributed by atoms with Crippen molar-refractivity contribution < 1.29 is 4.79 Å². The van der Waals surface area contributed by atoms with E-state index in [1.165, 1.54) is 0 Å². The van der Waals surface area contributed by atoms with Gasteiger partial charge in [0, 0.05) is 41.6 Å². The van der Waals surface area contributed by atoms with E-state index >= 15 is 0 Å². The molecule has 0 radical (unpaired) electrons. The molecule has 0 fully saturated rings. The molecule has 0 atom stereocenters. The molecule has 0 aromatic heterocycles. The van der Waals surface area contributed by atoms with Crippen molar-refractivity contribution in [3.63, 3.8) is 0 Å². The van der Waals surface area contributed by atoms with Gasteiger partial charge < -0.3 is 10.2 Å². The first-order valence-electron chi connectivity index (χ1n) is 8.39. The summed E-state index contributed by atoms with van der Waals surface area (Å²) in [6.45, 7) is 2.03. The zero-order chi connectivity index (χ0) is 18.7. The first-order valence-corrected chi connectivity index (χ1v) is 8.77. The first-order chi connectivity index (χ1) is 12.4. The Hall–Kier alpha value is -2.78. The van der Waals surface area contributed by atoms with E-state index in [9.17, 15) is 4.79 Å². The molecule has 1 N–H and O–H groups in total. The van der Waals surface area contributed by atoms with E-state index < -0.39 is 0 Å². The molecule has 0 saturated carbocycles. The zero-order valence-electron chi connectivity index (χ0n) is 15.1. The monoisotopic (exact) mass is 364 g/mol. The molecule has 0 aliphatic rings. The number of amides is 1. The number of hydrogen-bond acceptors (Lipinski definition) is 2. The quantitative estimate of drug-likeness (QED) is 0.650. The van der Waals surface area contributed by atoms with E-state index in [-0.39, 0.29) is 5.91 Å². The summed E-state index contributed by atoms with van der Waals surface area (Å²) in [5, 5.41) is 3.72. The van der Waals surface area contributed by atoms with Crippen LogP contribution in [0.2, 0.25) is 5.02 Å². The van der Waals surface area contributed by atoms with Crippen LogP contribution in [0, 0.1) is 6.92 Å². The Morgan fingerprint density at radius 2 is 1.58 bits per heavy atom. The van der Waals surface area contributed by atoms with Gasteiger partial charge in [0.2, 0.25) is 0 Å². The van der Waals surface area contributed by atoms with Gasteiger partial charge in [-0.2, -0.15) is 0 Å². The molecular weight excluding hydrogens is 344 g/mol. The van der Waals surface area contributed by atoms with Crippen LogP contribution in [0.1, 0.15) is 15.9 Å². The van der Waals surface area contributed by atoms with Crippen LogP contribution in [0.15, 0.2) is 66.7 Å². The summed E-state index contributed by atoms with van der Waals surface area (Å²) in [4.78, 5) is 14.7. The molecule has 0 unspecified atom stereocenters. The second kappa shape index (κ2) is 7.63. The van der Waals surface area contributed by atoms with Gasteiger partial charge >= 0.3 is 0 Å². The molecule has 0 heterocycles. The summed E-state index contributed by atoms with van der Waals surface area (Å²) >= 11 is 6.00. The maximum atomic E-state index is 12.7. The minimum absolute atomic E-state index is 0.130. The highest BCUT2D eigenvalue weighted by Crippen LogP contribution is 2.30. The van der Waals surface area contributed by atoms with Crippen LogP contribution in [-0.4, -0.2) is 20.0 Å². The Morgan fingerprint density at radius 1 is 0.923 bits per heavy atom. The predicted octanol–water partition coefficient (Wildman–Crippen LogP) is 5.63. The summed E-state index contributed by atoms with van der Waals surface area (Å²) in [5.74, 6) is -0.130. The second-order valence-electron chi connectivity index (χ2n) is 6.45. The van der Waals surface area contributed by atoms with Crippen molar-refractivity contribution in [3.05, 3.63) is 82.9 Å². The Kier molecular flexibility index (Phi) is 5.29. The molecule has 0 saturated heterocycles. The molecule has 3 aromatic carbocycles. The average molecular weight is 365 g/mol. The number of rotatable bonds is 4. The van der Waals surface area contributed by atoms with E-state index in [2.05, 4.69) is 11.4 Å². The minimum Gasteiger partial charge on any atom is -0.378 e. The Labute approximate surface area is 159 Å². The van der Waals surface area contributed by atoms with Crippen LogP contribution in [0.5, 0.6) is 0 Å². The third-order valence-electron chi connectivity index (χ3n) is 4.22. The molecule has 3 aromatic rings. The maximum absolute atomic E-state index is 12.7. The van der Waals surface area contributed by atoms with Gasteiger partial charge in [-0.25, -0.2) is 0 Å². The number of halogens is 1. The SMILES string of the molecule is Cc1ccc(NC(=O)c2ccc(N(C)C)cc2)c(-c2ccc(Cl)cc2)c1. The molecule has 0 bridgehead atoms. The number of benzene rings is 3. The summed E-state index contributed by atoms with van der Waals surface area (Å²) in [5.41, 5.74) is 5.57. The molecule has 132 valence electrons. The topological polar surface area (TPSA) is 32.3 Å². The third-order valence-corrected chi connectivity index (χ3v) is 4.48. The molecule has 26 heavy (non-hydrogen) atoms. The largest absolute Gasteiger partial charge is 0.378 e. The Morgan fingerprint density at radius 3 is 2.19 bits per heavy atom. The van der Waals surface area contributed by atoms with Gasteiger partial charge in [0.25, 0.3) is 5.91 Å². The molecular formula is C22H21ClN2O. The van der Waals surface area contributed by atoms with E-state index in [0.717, 1.165) is 28.1 Å². The number of anilines is 2. The van der Waals surface area contributed by atoms with Gasteiger partial charge in [0.15, 0.2) is 0 Å². The lowest BCUT2D eigenvalue weighted by molar-refractivity contribution is 0.102. The number of carbonyl (C=O) groups excluding carboxylic acids is 1. The normalized spacial score (nSPS) is 10.5. The van der Waals surface area contributed by atoms with Crippen molar-refractivity contribution in [2.75, 3.05) is 24.3 Å². The number of aryl methyl sites for hydroxylation is 1. The van der Waals surface area contributed by atoms with E-state index in [0.29, 0.717) is 10.6 Å². The van der Waals surface area contributed by atoms with Gasteiger partial charge in [-0.1, -0.05) is 35.4 Å². The standard InChI is InChI=1S/C22H21ClN2O/c1-15-4-13-21(20(14-15)16-5-9-18(23)10-6-16)24-22(26)17-7-11-19(12-8-17)25(2)3/h4-14H,1-3H3,(H,24,26). The molecule has 0 spiro atoms. The fraction of sp³-hybridized carbons (Fsp3) is 0.136. The van der Waals surface area contributed by atoms with Gasteiger partial charge in [0.05, 0.1) is 0 Å². The first kappa shape index (κ1) is 18.0. The lowest BCUT2D eigenvalue weighted by atomic mass is 10.0. The fourth-order valence-electron chi connectivity index (χ4n) is 2.74. The highest BCUT2D eigenvalue weighted by atomic mass is 35.5. The van der Waals surface area contributed by atoms with Crippen LogP contribution >= 0.6 is 11.6 Å². The van der Waals surface area contributed by atoms with E-state index in [1.54, 1.807) is 0 Å². The zero-order valence-corrected chi connectivity index (χ0v) is 15.8. The number of carbonyl (C=O) groups is 1. The highest BCUT2D eigenvalue weighted by Gasteiger charge is 2.11. The highest BCUT2D eigenvalue weighted by molar-refractivity contribution is 6.30. The van der Waals surface area contributed by atoms with Crippen molar-refractivity contribution in [2.24, 2.45) is 0 Å². The molecule has 0 aliphatic carbocycles. The number of nitrogens with one attached hydrogen (secondary N) is 1. The Balaban J connectivity index is 1.89. The number of hydrogen-bond donors (Lipinski definition) is 1. The molecule has 3 nitrogen and oxygen atoms in total. The van der Waals surface area contributed by atoms with E-state index in [4.69, 9.17) is 11.6 Å². The second-order valence-corrected chi connectivity index (χ2v) is 6.89. The van der Waals surface area contributed by atoms with Gasteiger partial charge in [-0.05, 0) is 61.0 Å². The van der Waals surface area contributed by atoms with Gasteiger partial charge in [0.1, 0.15) is 0 Å². The fourth-order valence-corrected chi connectivity index (χ4v) is 2.87. The van der Waals surface area contributed by atoms with Gasteiger partial charge in [-0.3, -0.25) is 4.79 Å². The van der Waals surface area contributed by atoms with Crippen LogP contribution < -0.4 is 10.2 Å². The maximum Gasteiger partial charge on any atom is 0.255 e. The molecule has 1 amide bonds. The van der Waals surface area contributed by atoms with Crippen molar-refractivity contribution in [2.45, 2.75) is 6.92 Å². The molecule has 3 rings (SSSR count). The Bertz CT molecular complexity index is 916. The summed E-state index contributed by atoms with van der Waals surface area (Å²) in [6.07, 6.45) is 0. The predicted molar refractivity (Wildman–Crippen MR) is 110 cm³/mol. The summed E-state index contributed by atoms with van der Waals surface area (Å²) in [6, 6.07) is 21.1. The van der Waals surface area contributed by atoms with Crippen LogP contribution in [0.3, 0.4) is 0 Å². The van der Waals surface area contributed by atoms with Gasteiger partial charge in [-0.15, -0.1) is 0 Å². The third kappa shape index (κ3) is 4.06. The lowest BCUT2D eigenvalue weighted by Crippen LogP contribution is -2.13. The summed E-state index contributed by atoms with van der Waals surface area (Å²) < 4.78 is 0. The van der Waals surface area contributed by atoms with E-state index in [1.807, 2.05) is 86.6 Å². The van der Waals surface area contributed by atoms with Crippen molar-refractivity contribution >= 4 is 28.9 Å². The van der Waals surface area contributed by atoms with Crippen LogP contribution in [0.4, 0.5) is 11.4 Å². The minimum atomic E-state index is -0.130. The van der Waals surface area contributed by atoms with Crippen molar-refractivity contribution in [1.82, 2.24) is 0 Å². The molecule has 4 heteroatoms. The van der Waals surface area contributed by atoms with Crippen molar-refractivity contribution in [1.29, 1.82) is 0 Å². The molecule has 0 aliphatic heterocycles. The average Bonchev–Trinajstić information content (AvgIpc) is 2.64. The summed E-state index contributed by atoms with van der Waals surface area (Å²) in [7, 11) is 3.94.